The monoisotopic (exact) mass is 273 g/mol. The molecule has 0 aliphatic heterocycles. The minimum Gasteiger partial charge on any atom is -0.464 e. The lowest BCUT2D eigenvalue weighted by Gasteiger charge is -2.09. The fraction of sp³-hybridized carbons (Fsp3) is 0.231. The number of nitrogens with two attached hydrogens (primary N) is 1. The lowest BCUT2D eigenvalue weighted by atomic mass is 10.3. The van der Waals surface area contributed by atoms with E-state index in [1.807, 2.05) is 6.92 Å². The number of hydrogen-bond acceptors (Lipinski definition) is 7. The number of nitrogens with zero attached hydrogens (tertiary/aromatic N) is 3. The zero-order valence-corrected chi connectivity index (χ0v) is 11.3. The fourth-order valence-corrected chi connectivity index (χ4v) is 1.51. The van der Waals surface area contributed by atoms with Crippen molar-refractivity contribution in [3.63, 3.8) is 0 Å². The van der Waals surface area contributed by atoms with Crippen LogP contribution in [0.5, 0.6) is 0 Å². The molecule has 0 saturated heterocycles. The zero-order valence-electron chi connectivity index (χ0n) is 11.3. The van der Waals surface area contributed by atoms with Gasteiger partial charge in [0, 0.05) is 6.20 Å². The van der Waals surface area contributed by atoms with Gasteiger partial charge >= 0.3 is 5.97 Å². The Bertz CT molecular complexity index is 613. The number of anilines is 2. The smallest absolute Gasteiger partial charge is 0.356 e. The van der Waals surface area contributed by atoms with Crippen LogP contribution in [0.25, 0.3) is 0 Å². The zero-order chi connectivity index (χ0) is 14.5. The second-order valence-corrected chi connectivity index (χ2v) is 4.13. The minimum absolute atomic E-state index is 0.194. The Morgan fingerprint density at radius 3 is 2.80 bits per heavy atom. The summed E-state index contributed by atoms with van der Waals surface area (Å²) in [5, 5.41) is 3.02. The SMILES string of the molecule is COC(=O)c1ccc(N)c(NCc2cnc(C)cn2)n1. The maximum Gasteiger partial charge on any atom is 0.356 e. The van der Waals surface area contributed by atoms with Crippen LogP contribution in [0.1, 0.15) is 21.9 Å². The molecule has 0 saturated carbocycles. The lowest BCUT2D eigenvalue weighted by molar-refractivity contribution is 0.0594. The molecule has 20 heavy (non-hydrogen) atoms. The Labute approximate surface area is 116 Å². The van der Waals surface area contributed by atoms with E-state index in [1.54, 1.807) is 18.5 Å². The summed E-state index contributed by atoms with van der Waals surface area (Å²) in [6.45, 7) is 2.28. The van der Waals surface area contributed by atoms with Crippen molar-refractivity contribution in [2.75, 3.05) is 18.2 Å². The lowest BCUT2D eigenvalue weighted by Crippen LogP contribution is -2.10. The number of esters is 1. The number of nitrogens with one attached hydrogen (secondary N) is 1. The molecule has 0 aliphatic rings. The van der Waals surface area contributed by atoms with E-state index in [9.17, 15) is 4.79 Å². The topological polar surface area (TPSA) is 103 Å². The largest absolute Gasteiger partial charge is 0.464 e. The van der Waals surface area contributed by atoms with Gasteiger partial charge in [-0.25, -0.2) is 9.78 Å². The van der Waals surface area contributed by atoms with Crippen molar-refractivity contribution in [3.05, 3.63) is 41.6 Å². The first-order valence-electron chi connectivity index (χ1n) is 5.96. The Morgan fingerprint density at radius 1 is 1.35 bits per heavy atom. The second kappa shape index (κ2) is 5.96. The van der Waals surface area contributed by atoms with Gasteiger partial charge in [0.05, 0.1) is 36.9 Å². The Balaban J connectivity index is 2.12. The number of aryl methyl sites for hydroxylation is 1. The van der Waals surface area contributed by atoms with Crippen LogP contribution in [-0.4, -0.2) is 28.0 Å². The van der Waals surface area contributed by atoms with Gasteiger partial charge in [-0.05, 0) is 19.1 Å². The normalized spacial score (nSPS) is 10.1. The molecule has 0 aliphatic carbocycles. The van der Waals surface area contributed by atoms with E-state index in [1.165, 1.54) is 13.2 Å². The molecule has 2 aromatic rings. The fourth-order valence-electron chi connectivity index (χ4n) is 1.51. The average molecular weight is 273 g/mol. The van der Waals surface area contributed by atoms with Crippen molar-refractivity contribution >= 4 is 17.5 Å². The van der Waals surface area contributed by atoms with Crippen molar-refractivity contribution < 1.29 is 9.53 Å². The maximum absolute atomic E-state index is 11.4. The van der Waals surface area contributed by atoms with Gasteiger partial charge in [0.2, 0.25) is 0 Å². The van der Waals surface area contributed by atoms with E-state index in [0.717, 1.165) is 11.4 Å². The number of carbonyl (C=O) groups excluding carboxylic acids is 1. The van der Waals surface area contributed by atoms with Gasteiger partial charge in [-0.1, -0.05) is 0 Å². The molecule has 0 atom stereocenters. The summed E-state index contributed by atoms with van der Waals surface area (Å²) in [4.78, 5) is 23.9. The number of aromatic nitrogens is 3. The maximum atomic E-state index is 11.4. The number of nitrogen functional groups attached to an aromatic ring is 1. The number of rotatable bonds is 4. The molecular weight excluding hydrogens is 258 g/mol. The van der Waals surface area contributed by atoms with Gasteiger partial charge in [-0.2, -0.15) is 0 Å². The molecule has 104 valence electrons. The van der Waals surface area contributed by atoms with E-state index >= 15 is 0 Å². The molecule has 0 radical (unpaired) electrons. The molecule has 0 aromatic carbocycles. The third-order valence-corrected chi connectivity index (χ3v) is 2.59. The minimum atomic E-state index is -0.511. The second-order valence-electron chi connectivity index (χ2n) is 4.13. The summed E-state index contributed by atoms with van der Waals surface area (Å²) in [6.07, 6.45) is 3.35. The van der Waals surface area contributed by atoms with Crippen LogP contribution in [0.3, 0.4) is 0 Å². The first kappa shape index (κ1) is 13.7. The molecule has 0 unspecified atom stereocenters. The van der Waals surface area contributed by atoms with Crippen LogP contribution < -0.4 is 11.1 Å². The molecule has 7 heteroatoms. The molecule has 0 spiro atoms. The number of hydrogen-bond donors (Lipinski definition) is 2. The van der Waals surface area contributed by atoms with E-state index in [4.69, 9.17) is 5.73 Å². The summed E-state index contributed by atoms with van der Waals surface area (Å²) in [7, 11) is 1.30. The Morgan fingerprint density at radius 2 is 2.15 bits per heavy atom. The molecule has 2 aromatic heterocycles. The molecule has 2 heterocycles. The van der Waals surface area contributed by atoms with E-state index in [-0.39, 0.29) is 5.69 Å². The van der Waals surface area contributed by atoms with Gasteiger partial charge in [0.25, 0.3) is 0 Å². The van der Waals surface area contributed by atoms with Crippen molar-refractivity contribution in [2.24, 2.45) is 0 Å². The summed E-state index contributed by atoms with van der Waals surface area (Å²) in [5.41, 5.74) is 8.04. The molecular formula is C13H15N5O2. The molecule has 0 fully saturated rings. The highest BCUT2D eigenvalue weighted by atomic mass is 16.5. The molecule has 3 N–H and O–H groups in total. The van der Waals surface area contributed by atoms with Crippen LogP contribution in [-0.2, 0) is 11.3 Å². The Hall–Kier alpha value is -2.70. The first-order chi connectivity index (χ1) is 9.60. The third kappa shape index (κ3) is 3.19. The van der Waals surface area contributed by atoms with Crippen molar-refractivity contribution in [2.45, 2.75) is 13.5 Å². The van der Waals surface area contributed by atoms with Crippen LogP contribution in [0.4, 0.5) is 11.5 Å². The number of pyridine rings is 1. The van der Waals surface area contributed by atoms with Gasteiger partial charge in [-0.15, -0.1) is 0 Å². The third-order valence-electron chi connectivity index (χ3n) is 2.59. The number of ether oxygens (including phenoxy) is 1. The van der Waals surface area contributed by atoms with Crippen molar-refractivity contribution in [1.82, 2.24) is 15.0 Å². The van der Waals surface area contributed by atoms with E-state index in [2.05, 4.69) is 25.0 Å². The van der Waals surface area contributed by atoms with Gasteiger partial charge < -0.3 is 15.8 Å². The predicted octanol–water partition coefficient (Wildman–Crippen LogP) is 1.16. The molecule has 0 bridgehead atoms. The highest BCUT2D eigenvalue weighted by molar-refractivity contribution is 5.88. The summed E-state index contributed by atoms with van der Waals surface area (Å²) >= 11 is 0. The van der Waals surface area contributed by atoms with Crippen molar-refractivity contribution in [1.29, 1.82) is 0 Å². The van der Waals surface area contributed by atoms with Crippen LogP contribution >= 0.6 is 0 Å². The molecule has 0 amide bonds. The van der Waals surface area contributed by atoms with Gasteiger partial charge in [0.1, 0.15) is 0 Å². The Kier molecular flexibility index (Phi) is 4.09. The first-order valence-corrected chi connectivity index (χ1v) is 5.96. The number of methoxy groups -OCH3 is 1. The van der Waals surface area contributed by atoms with Crippen LogP contribution in [0, 0.1) is 6.92 Å². The van der Waals surface area contributed by atoms with Crippen molar-refractivity contribution in [3.8, 4) is 0 Å². The summed E-state index contributed by atoms with van der Waals surface area (Å²) in [6, 6.07) is 3.11. The quantitative estimate of drug-likeness (QED) is 0.805. The molecule has 7 nitrogen and oxygen atoms in total. The highest BCUT2D eigenvalue weighted by Crippen LogP contribution is 2.16. The summed E-state index contributed by atoms with van der Waals surface area (Å²) < 4.78 is 4.61. The average Bonchev–Trinajstić information content (AvgIpc) is 2.47. The predicted molar refractivity (Wildman–Crippen MR) is 74.1 cm³/mol. The van der Waals surface area contributed by atoms with Gasteiger partial charge in [0.15, 0.2) is 11.5 Å². The van der Waals surface area contributed by atoms with E-state index < -0.39 is 5.97 Å². The summed E-state index contributed by atoms with van der Waals surface area (Å²) in [5.74, 6) is -0.0987. The highest BCUT2D eigenvalue weighted by Gasteiger charge is 2.10. The standard InChI is InChI=1S/C13H15N5O2/c1-8-5-16-9(6-15-8)7-17-12-10(14)3-4-11(18-12)13(19)20-2/h3-6H,7,14H2,1-2H3,(H,17,18). The molecule has 2 rings (SSSR count). The van der Waals surface area contributed by atoms with E-state index in [0.29, 0.717) is 18.1 Å². The number of carbonyl (C=O) groups is 1. The van der Waals surface area contributed by atoms with Gasteiger partial charge in [-0.3, -0.25) is 9.97 Å². The van der Waals surface area contributed by atoms with Crippen LogP contribution in [0.15, 0.2) is 24.5 Å². The van der Waals surface area contributed by atoms with Crippen LogP contribution in [0.2, 0.25) is 0 Å².